The molecule has 4 rings (SSSR count). The number of thioether (sulfide) groups is 1. The Morgan fingerprint density at radius 2 is 1.74 bits per heavy atom. The SMILES string of the molecule is CCOc1ccccc1NC(=O)CSc1nnc(-c2ccc(C)cc2)n1-c1ccc(OC)cc1. The number of nitrogens with one attached hydrogen (secondary N) is 1. The molecule has 0 saturated heterocycles. The van der Waals surface area contributed by atoms with Gasteiger partial charge >= 0.3 is 0 Å². The highest BCUT2D eigenvalue weighted by molar-refractivity contribution is 7.99. The molecular formula is C26H26N4O3S. The Bertz CT molecular complexity index is 1250. The second-order valence-corrected chi connectivity index (χ2v) is 8.41. The number of carbonyl (C=O) groups excluding carboxylic acids is 1. The zero-order chi connectivity index (χ0) is 23.9. The Morgan fingerprint density at radius 1 is 1.00 bits per heavy atom. The van der Waals surface area contributed by atoms with Crippen molar-refractivity contribution in [1.82, 2.24) is 14.8 Å². The van der Waals surface area contributed by atoms with Crippen LogP contribution in [0.4, 0.5) is 5.69 Å². The van der Waals surface area contributed by atoms with Crippen LogP contribution < -0.4 is 14.8 Å². The molecule has 0 fully saturated rings. The summed E-state index contributed by atoms with van der Waals surface area (Å²) < 4.78 is 12.9. The number of nitrogens with zero attached hydrogens (tertiary/aromatic N) is 3. The fourth-order valence-electron chi connectivity index (χ4n) is 3.38. The molecule has 7 nitrogen and oxygen atoms in total. The lowest BCUT2D eigenvalue weighted by Gasteiger charge is -2.12. The zero-order valence-corrected chi connectivity index (χ0v) is 20.1. The van der Waals surface area contributed by atoms with Crippen LogP contribution in [0, 0.1) is 6.92 Å². The predicted molar refractivity (Wildman–Crippen MR) is 135 cm³/mol. The van der Waals surface area contributed by atoms with Crippen LogP contribution in [0.2, 0.25) is 0 Å². The Balaban J connectivity index is 1.59. The number of rotatable bonds is 9. The van der Waals surface area contributed by atoms with Crippen LogP contribution in [0.5, 0.6) is 11.5 Å². The van der Waals surface area contributed by atoms with Crippen molar-refractivity contribution in [1.29, 1.82) is 0 Å². The number of methoxy groups -OCH3 is 1. The summed E-state index contributed by atoms with van der Waals surface area (Å²) in [7, 11) is 1.63. The van der Waals surface area contributed by atoms with Crippen LogP contribution in [0.25, 0.3) is 17.1 Å². The fraction of sp³-hybridized carbons (Fsp3) is 0.192. The summed E-state index contributed by atoms with van der Waals surface area (Å²) in [5.41, 5.74) is 3.63. The average molecular weight is 475 g/mol. The molecule has 0 atom stereocenters. The Kier molecular flexibility index (Phi) is 7.49. The molecule has 0 aliphatic carbocycles. The molecule has 0 unspecified atom stereocenters. The van der Waals surface area contributed by atoms with Gasteiger partial charge in [0.25, 0.3) is 0 Å². The standard InChI is InChI=1S/C26H26N4O3S/c1-4-33-23-8-6-5-7-22(23)27-24(31)17-34-26-29-28-25(19-11-9-18(2)10-12-19)30(26)20-13-15-21(32-3)16-14-20/h5-16H,4,17H2,1-3H3,(H,27,31). The highest BCUT2D eigenvalue weighted by Crippen LogP contribution is 2.30. The van der Waals surface area contributed by atoms with Gasteiger partial charge in [-0.15, -0.1) is 10.2 Å². The van der Waals surface area contributed by atoms with Gasteiger partial charge in [0.2, 0.25) is 5.91 Å². The molecule has 3 aromatic carbocycles. The molecule has 34 heavy (non-hydrogen) atoms. The van der Waals surface area contributed by atoms with Gasteiger partial charge in [0.15, 0.2) is 11.0 Å². The Morgan fingerprint density at radius 3 is 2.44 bits per heavy atom. The van der Waals surface area contributed by atoms with Crippen molar-refractivity contribution in [3.8, 4) is 28.6 Å². The normalized spacial score (nSPS) is 10.7. The molecule has 174 valence electrons. The van der Waals surface area contributed by atoms with E-state index >= 15 is 0 Å². The predicted octanol–water partition coefficient (Wildman–Crippen LogP) is 5.38. The van der Waals surface area contributed by atoms with E-state index in [1.54, 1.807) is 7.11 Å². The molecule has 8 heteroatoms. The first-order valence-electron chi connectivity index (χ1n) is 10.9. The summed E-state index contributed by atoms with van der Waals surface area (Å²) >= 11 is 1.32. The molecular weight excluding hydrogens is 448 g/mol. The lowest BCUT2D eigenvalue weighted by molar-refractivity contribution is -0.113. The van der Waals surface area contributed by atoms with Crippen LogP contribution in [-0.2, 0) is 4.79 Å². The molecule has 0 saturated carbocycles. The van der Waals surface area contributed by atoms with Gasteiger partial charge in [-0.25, -0.2) is 0 Å². The van der Waals surface area contributed by atoms with Crippen molar-refractivity contribution >= 4 is 23.4 Å². The van der Waals surface area contributed by atoms with Crippen LogP contribution >= 0.6 is 11.8 Å². The second kappa shape index (κ2) is 10.9. The summed E-state index contributed by atoms with van der Waals surface area (Å²) in [4.78, 5) is 12.7. The van der Waals surface area contributed by atoms with Crippen molar-refractivity contribution < 1.29 is 14.3 Å². The zero-order valence-electron chi connectivity index (χ0n) is 19.3. The summed E-state index contributed by atoms with van der Waals surface area (Å²) in [5.74, 6) is 2.12. The van der Waals surface area contributed by atoms with E-state index in [-0.39, 0.29) is 11.7 Å². The van der Waals surface area contributed by atoms with E-state index in [9.17, 15) is 4.79 Å². The van der Waals surface area contributed by atoms with Gasteiger partial charge in [0, 0.05) is 11.3 Å². The van der Waals surface area contributed by atoms with Gasteiger partial charge in [-0.2, -0.15) is 0 Å². The maximum atomic E-state index is 12.7. The minimum absolute atomic E-state index is 0.154. The highest BCUT2D eigenvalue weighted by Gasteiger charge is 2.18. The minimum atomic E-state index is -0.154. The number of anilines is 1. The third kappa shape index (κ3) is 5.40. The number of ether oxygens (including phenoxy) is 2. The fourth-order valence-corrected chi connectivity index (χ4v) is 4.14. The Labute approximate surface area is 203 Å². The molecule has 1 amide bonds. The number of aromatic nitrogens is 3. The maximum Gasteiger partial charge on any atom is 0.234 e. The van der Waals surface area contributed by atoms with Gasteiger partial charge < -0.3 is 14.8 Å². The third-order valence-corrected chi connectivity index (χ3v) is 6.00. The highest BCUT2D eigenvalue weighted by atomic mass is 32.2. The first-order valence-corrected chi connectivity index (χ1v) is 11.9. The topological polar surface area (TPSA) is 78.3 Å². The first kappa shape index (κ1) is 23.4. The van der Waals surface area contributed by atoms with Crippen molar-refractivity contribution in [3.63, 3.8) is 0 Å². The molecule has 0 spiro atoms. The van der Waals surface area contributed by atoms with Crippen molar-refractivity contribution in [2.75, 3.05) is 24.8 Å². The largest absolute Gasteiger partial charge is 0.497 e. The lowest BCUT2D eigenvalue weighted by Crippen LogP contribution is -2.15. The van der Waals surface area contributed by atoms with Crippen LogP contribution in [0.15, 0.2) is 78.0 Å². The summed E-state index contributed by atoms with van der Waals surface area (Å²) in [6.45, 7) is 4.47. The molecule has 0 aliphatic heterocycles. The van der Waals surface area contributed by atoms with Gasteiger partial charge in [-0.1, -0.05) is 53.7 Å². The first-order chi connectivity index (χ1) is 16.6. The number of para-hydroxylation sites is 2. The smallest absolute Gasteiger partial charge is 0.234 e. The van der Waals surface area contributed by atoms with E-state index in [2.05, 4.69) is 15.5 Å². The summed E-state index contributed by atoms with van der Waals surface area (Å²) in [6.07, 6.45) is 0. The van der Waals surface area contributed by atoms with E-state index < -0.39 is 0 Å². The van der Waals surface area contributed by atoms with E-state index in [0.717, 1.165) is 22.6 Å². The molecule has 4 aromatic rings. The summed E-state index contributed by atoms with van der Waals surface area (Å²) in [5, 5.41) is 12.4. The molecule has 1 heterocycles. The third-order valence-electron chi connectivity index (χ3n) is 5.07. The van der Waals surface area contributed by atoms with Crippen molar-refractivity contribution in [2.45, 2.75) is 19.0 Å². The van der Waals surface area contributed by atoms with Gasteiger partial charge in [0.1, 0.15) is 11.5 Å². The van der Waals surface area contributed by atoms with Crippen molar-refractivity contribution in [2.24, 2.45) is 0 Å². The van der Waals surface area contributed by atoms with Gasteiger partial charge in [0.05, 0.1) is 25.2 Å². The second-order valence-electron chi connectivity index (χ2n) is 7.47. The molecule has 0 bridgehead atoms. The number of benzene rings is 3. The molecule has 0 radical (unpaired) electrons. The van der Waals surface area contributed by atoms with E-state index in [0.29, 0.717) is 29.0 Å². The average Bonchev–Trinajstić information content (AvgIpc) is 3.28. The molecule has 1 aromatic heterocycles. The number of hydrogen-bond donors (Lipinski definition) is 1. The minimum Gasteiger partial charge on any atom is -0.497 e. The monoisotopic (exact) mass is 474 g/mol. The number of aryl methyl sites for hydroxylation is 1. The Hall–Kier alpha value is -3.78. The van der Waals surface area contributed by atoms with E-state index in [1.807, 2.05) is 91.2 Å². The molecule has 0 aliphatic rings. The summed E-state index contributed by atoms with van der Waals surface area (Å²) in [6, 6.07) is 23.2. The van der Waals surface area contributed by atoms with Crippen molar-refractivity contribution in [3.05, 3.63) is 78.4 Å². The number of amides is 1. The quantitative estimate of drug-likeness (QED) is 0.328. The molecule has 1 N–H and O–H groups in total. The number of carbonyl (C=O) groups is 1. The van der Waals surface area contributed by atoms with Gasteiger partial charge in [-0.05, 0) is 50.2 Å². The van der Waals surface area contributed by atoms with Gasteiger partial charge in [-0.3, -0.25) is 9.36 Å². The van der Waals surface area contributed by atoms with E-state index in [1.165, 1.54) is 11.8 Å². The lowest BCUT2D eigenvalue weighted by atomic mass is 10.1. The van der Waals surface area contributed by atoms with Crippen LogP contribution in [-0.4, -0.2) is 40.1 Å². The maximum absolute atomic E-state index is 12.7. The van der Waals surface area contributed by atoms with E-state index in [4.69, 9.17) is 9.47 Å². The van der Waals surface area contributed by atoms with Crippen LogP contribution in [0.3, 0.4) is 0 Å². The number of hydrogen-bond acceptors (Lipinski definition) is 6. The van der Waals surface area contributed by atoms with Crippen LogP contribution in [0.1, 0.15) is 12.5 Å².